The molecule has 100 valence electrons. The summed E-state index contributed by atoms with van der Waals surface area (Å²) in [6, 6.07) is 0. The molecule has 2 heterocycles. The molecule has 0 saturated carbocycles. The van der Waals surface area contributed by atoms with E-state index in [0.29, 0.717) is 5.92 Å². The van der Waals surface area contributed by atoms with Crippen LogP contribution in [0.4, 0.5) is 0 Å². The van der Waals surface area contributed by atoms with Crippen molar-refractivity contribution in [2.24, 2.45) is 17.8 Å². The molecule has 0 amide bonds. The third-order valence-corrected chi connectivity index (χ3v) is 4.50. The number of piperidine rings is 1. The molecule has 0 aromatic carbocycles. The summed E-state index contributed by atoms with van der Waals surface area (Å²) in [5, 5.41) is 9.93. The Labute approximate surface area is 105 Å². The van der Waals surface area contributed by atoms with E-state index in [2.05, 4.69) is 18.7 Å². The largest absolute Gasteiger partial charge is 0.393 e. The second-order valence-corrected chi connectivity index (χ2v) is 6.07. The van der Waals surface area contributed by atoms with Gasteiger partial charge < -0.3 is 14.7 Å². The molecule has 2 unspecified atom stereocenters. The number of likely N-dealkylation sites (tertiary alicyclic amines) is 1. The average molecular weight is 241 g/mol. The fraction of sp³-hybridized carbons (Fsp3) is 1.00. The Bertz CT molecular complexity index is 224. The molecule has 2 saturated heterocycles. The van der Waals surface area contributed by atoms with Gasteiger partial charge >= 0.3 is 0 Å². The SMILES string of the molecule is CC(C)C1CCN(CC2COCCC2O)CC1. The number of nitrogens with zero attached hydrogens (tertiary/aromatic N) is 1. The van der Waals surface area contributed by atoms with Gasteiger partial charge in [-0.3, -0.25) is 0 Å². The molecule has 1 N–H and O–H groups in total. The van der Waals surface area contributed by atoms with E-state index < -0.39 is 0 Å². The first kappa shape index (κ1) is 13.3. The lowest BCUT2D eigenvalue weighted by Crippen LogP contribution is -2.44. The molecule has 0 aromatic heterocycles. The van der Waals surface area contributed by atoms with Crippen LogP contribution in [0.15, 0.2) is 0 Å². The molecular weight excluding hydrogens is 214 g/mol. The zero-order valence-corrected chi connectivity index (χ0v) is 11.3. The van der Waals surface area contributed by atoms with Gasteiger partial charge in [0.15, 0.2) is 0 Å². The topological polar surface area (TPSA) is 32.7 Å². The molecule has 0 spiro atoms. The lowest BCUT2D eigenvalue weighted by molar-refractivity contribution is -0.0496. The van der Waals surface area contributed by atoms with Crippen molar-refractivity contribution in [2.45, 2.75) is 39.2 Å². The number of ether oxygens (including phenoxy) is 1. The highest BCUT2D eigenvalue weighted by Gasteiger charge is 2.28. The zero-order chi connectivity index (χ0) is 12.3. The summed E-state index contributed by atoms with van der Waals surface area (Å²) in [5.74, 6) is 2.05. The van der Waals surface area contributed by atoms with E-state index >= 15 is 0 Å². The Morgan fingerprint density at radius 2 is 1.94 bits per heavy atom. The normalized spacial score (nSPS) is 33.2. The maximum absolute atomic E-state index is 9.93. The van der Waals surface area contributed by atoms with E-state index in [1.165, 1.54) is 25.9 Å². The second kappa shape index (κ2) is 6.17. The average Bonchev–Trinajstić information content (AvgIpc) is 2.33. The van der Waals surface area contributed by atoms with Gasteiger partial charge in [0.05, 0.1) is 12.7 Å². The molecule has 2 rings (SSSR count). The van der Waals surface area contributed by atoms with Crippen molar-refractivity contribution in [3.05, 3.63) is 0 Å². The molecule has 2 fully saturated rings. The summed E-state index contributed by atoms with van der Waals surface area (Å²) in [4.78, 5) is 2.52. The van der Waals surface area contributed by atoms with Gasteiger partial charge in [-0.1, -0.05) is 13.8 Å². The van der Waals surface area contributed by atoms with Crippen molar-refractivity contribution in [1.82, 2.24) is 4.90 Å². The van der Waals surface area contributed by atoms with E-state index in [4.69, 9.17) is 4.74 Å². The van der Waals surface area contributed by atoms with Gasteiger partial charge in [0.2, 0.25) is 0 Å². The number of hydrogen-bond acceptors (Lipinski definition) is 3. The maximum Gasteiger partial charge on any atom is 0.0624 e. The van der Waals surface area contributed by atoms with Gasteiger partial charge in [-0.05, 0) is 44.2 Å². The summed E-state index contributed by atoms with van der Waals surface area (Å²) in [7, 11) is 0. The molecule has 0 aliphatic carbocycles. The van der Waals surface area contributed by atoms with Crippen molar-refractivity contribution >= 4 is 0 Å². The van der Waals surface area contributed by atoms with Crippen LogP contribution in [0.3, 0.4) is 0 Å². The molecule has 0 bridgehead atoms. The maximum atomic E-state index is 9.93. The van der Waals surface area contributed by atoms with Crippen molar-refractivity contribution in [1.29, 1.82) is 0 Å². The van der Waals surface area contributed by atoms with Gasteiger partial charge in [0.25, 0.3) is 0 Å². The number of aliphatic hydroxyl groups is 1. The number of aliphatic hydroxyl groups excluding tert-OH is 1. The van der Waals surface area contributed by atoms with E-state index in [-0.39, 0.29) is 6.10 Å². The molecule has 0 aromatic rings. The molecular formula is C14H27NO2. The van der Waals surface area contributed by atoms with Crippen LogP contribution >= 0.6 is 0 Å². The molecule has 2 atom stereocenters. The Morgan fingerprint density at radius 3 is 2.53 bits per heavy atom. The summed E-state index contributed by atoms with van der Waals surface area (Å²) < 4.78 is 5.47. The van der Waals surface area contributed by atoms with Crippen molar-refractivity contribution in [3.63, 3.8) is 0 Å². The summed E-state index contributed by atoms with van der Waals surface area (Å²) >= 11 is 0. The summed E-state index contributed by atoms with van der Waals surface area (Å²) in [6.45, 7) is 9.56. The Balaban J connectivity index is 1.73. The van der Waals surface area contributed by atoms with Crippen LogP contribution in [0.1, 0.15) is 33.1 Å². The first-order chi connectivity index (χ1) is 8.16. The minimum absolute atomic E-state index is 0.147. The number of rotatable bonds is 3. The molecule has 17 heavy (non-hydrogen) atoms. The quantitative estimate of drug-likeness (QED) is 0.817. The number of hydrogen-bond donors (Lipinski definition) is 1. The lowest BCUT2D eigenvalue weighted by Gasteiger charge is -2.37. The van der Waals surface area contributed by atoms with Crippen molar-refractivity contribution in [3.8, 4) is 0 Å². The van der Waals surface area contributed by atoms with Gasteiger partial charge in [-0.25, -0.2) is 0 Å². The highest BCUT2D eigenvalue weighted by Crippen LogP contribution is 2.26. The Morgan fingerprint density at radius 1 is 1.24 bits per heavy atom. The van der Waals surface area contributed by atoms with E-state index in [1.54, 1.807) is 0 Å². The highest BCUT2D eigenvalue weighted by atomic mass is 16.5. The Hall–Kier alpha value is -0.120. The van der Waals surface area contributed by atoms with E-state index in [9.17, 15) is 5.11 Å². The van der Waals surface area contributed by atoms with Gasteiger partial charge in [-0.15, -0.1) is 0 Å². The van der Waals surface area contributed by atoms with Gasteiger partial charge in [0.1, 0.15) is 0 Å². The fourth-order valence-corrected chi connectivity index (χ4v) is 3.09. The first-order valence-electron chi connectivity index (χ1n) is 7.15. The third-order valence-electron chi connectivity index (χ3n) is 4.50. The van der Waals surface area contributed by atoms with E-state index in [0.717, 1.165) is 38.0 Å². The van der Waals surface area contributed by atoms with Crippen LogP contribution < -0.4 is 0 Å². The van der Waals surface area contributed by atoms with Crippen LogP contribution in [-0.2, 0) is 4.74 Å². The minimum Gasteiger partial charge on any atom is -0.393 e. The molecule has 3 heteroatoms. The Kier molecular flexibility index (Phi) is 4.83. The summed E-state index contributed by atoms with van der Waals surface area (Å²) in [6.07, 6.45) is 3.31. The van der Waals surface area contributed by atoms with Crippen molar-refractivity contribution < 1.29 is 9.84 Å². The standard InChI is InChI=1S/C14H27NO2/c1-11(2)12-3-6-15(7-4-12)9-13-10-17-8-5-14(13)16/h11-14,16H,3-10H2,1-2H3. The fourth-order valence-electron chi connectivity index (χ4n) is 3.09. The second-order valence-electron chi connectivity index (χ2n) is 6.07. The summed E-state index contributed by atoms with van der Waals surface area (Å²) in [5.41, 5.74) is 0. The molecule has 3 nitrogen and oxygen atoms in total. The smallest absolute Gasteiger partial charge is 0.0624 e. The molecule has 2 aliphatic rings. The predicted octanol–water partition coefficient (Wildman–Crippen LogP) is 1.75. The first-order valence-corrected chi connectivity index (χ1v) is 7.15. The van der Waals surface area contributed by atoms with Crippen molar-refractivity contribution in [2.75, 3.05) is 32.8 Å². The molecule has 0 radical (unpaired) electrons. The lowest BCUT2D eigenvalue weighted by atomic mass is 9.86. The van der Waals surface area contributed by atoms with Crippen LogP contribution in [0, 0.1) is 17.8 Å². The van der Waals surface area contributed by atoms with Crippen LogP contribution in [-0.4, -0.2) is 49.0 Å². The van der Waals surface area contributed by atoms with Gasteiger partial charge in [-0.2, -0.15) is 0 Å². The van der Waals surface area contributed by atoms with Crippen LogP contribution in [0.2, 0.25) is 0 Å². The third kappa shape index (κ3) is 3.67. The zero-order valence-electron chi connectivity index (χ0n) is 11.3. The van der Waals surface area contributed by atoms with E-state index in [1.807, 2.05) is 0 Å². The highest BCUT2D eigenvalue weighted by molar-refractivity contribution is 4.80. The van der Waals surface area contributed by atoms with Crippen LogP contribution in [0.5, 0.6) is 0 Å². The monoisotopic (exact) mass is 241 g/mol. The minimum atomic E-state index is -0.147. The molecule has 2 aliphatic heterocycles. The predicted molar refractivity (Wildman–Crippen MR) is 68.9 cm³/mol. The van der Waals surface area contributed by atoms with Gasteiger partial charge in [0, 0.05) is 19.1 Å². The van der Waals surface area contributed by atoms with Crippen LogP contribution in [0.25, 0.3) is 0 Å².